The lowest BCUT2D eigenvalue weighted by molar-refractivity contribution is -0.264. The molecule has 2 saturated carbocycles. The molecule has 6 nitrogen and oxygen atoms in total. The molecule has 2 aliphatic heterocycles. The number of hydrogen-bond acceptors (Lipinski definition) is 6. The van der Waals surface area contributed by atoms with Gasteiger partial charge in [-0.25, -0.2) is 4.79 Å². The van der Waals surface area contributed by atoms with Gasteiger partial charge >= 0.3 is 5.97 Å². The van der Waals surface area contributed by atoms with E-state index in [0.29, 0.717) is 5.57 Å². The smallest absolute Gasteiger partial charge is 0.333 e. The molecule has 0 spiro atoms. The van der Waals surface area contributed by atoms with Crippen LogP contribution in [0.2, 0.25) is 0 Å². The summed E-state index contributed by atoms with van der Waals surface area (Å²) in [7, 11) is 0. The second-order valence-electron chi connectivity index (χ2n) is 6.67. The lowest BCUT2D eigenvalue weighted by Crippen LogP contribution is -2.36. The normalized spacial score (nSPS) is 42.4. The van der Waals surface area contributed by atoms with E-state index in [1.807, 2.05) is 0 Å². The zero-order chi connectivity index (χ0) is 15.4. The van der Waals surface area contributed by atoms with Gasteiger partial charge in [0, 0.05) is 18.4 Å². The van der Waals surface area contributed by atoms with Crippen LogP contribution in [0.1, 0.15) is 45.4 Å². The summed E-state index contributed by atoms with van der Waals surface area (Å²) in [5.74, 6) is -1.49. The van der Waals surface area contributed by atoms with Crippen molar-refractivity contribution in [2.45, 2.75) is 75.5 Å². The first-order valence-electron chi connectivity index (χ1n) is 8.07. The number of fused-ring (bicyclic) bond motifs is 2. The summed E-state index contributed by atoms with van der Waals surface area (Å²) < 4.78 is 28.5. The Morgan fingerprint density at radius 2 is 1.73 bits per heavy atom. The average molecular weight is 310 g/mol. The molecule has 0 aromatic carbocycles. The Morgan fingerprint density at radius 1 is 1.18 bits per heavy atom. The van der Waals surface area contributed by atoms with E-state index in [2.05, 4.69) is 6.58 Å². The zero-order valence-corrected chi connectivity index (χ0v) is 12.8. The fourth-order valence-corrected chi connectivity index (χ4v) is 3.61. The Morgan fingerprint density at radius 3 is 2.09 bits per heavy atom. The van der Waals surface area contributed by atoms with Gasteiger partial charge in [0.25, 0.3) is 0 Å². The van der Waals surface area contributed by atoms with Gasteiger partial charge in [0.05, 0.1) is 0 Å². The second-order valence-corrected chi connectivity index (χ2v) is 6.67. The Kier molecular flexibility index (Phi) is 3.34. The van der Waals surface area contributed by atoms with Crippen LogP contribution in [0.3, 0.4) is 0 Å². The maximum Gasteiger partial charge on any atom is 0.333 e. The van der Waals surface area contributed by atoms with Gasteiger partial charge in [-0.2, -0.15) is 0 Å². The molecule has 0 aromatic rings. The third-order valence-corrected chi connectivity index (χ3v) is 4.89. The molecule has 4 unspecified atom stereocenters. The number of rotatable bonds is 7. The minimum atomic E-state index is -0.658. The molecule has 22 heavy (non-hydrogen) atoms. The summed E-state index contributed by atoms with van der Waals surface area (Å²) in [6.07, 6.45) is 5.60. The summed E-state index contributed by atoms with van der Waals surface area (Å²) in [5, 5.41) is 0. The SMILES string of the molecule is C=C(C)C(=O)OCC(OC12CCCC1O2)OC12CCCC1O2. The maximum absolute atomic E-state index is 11.6. The van der Waals surface area contributed by atoms with Crippen LogP contribution in [-0.2, 0) is 28.5 Å². The summed E-state index contributed by atoms with van der Waals surface area (Å²) in [5.41, 5.74) is 0.359. The second kappa shape index (κ2) is 5.03. The van der Waals surface area contributed by atoms with Crippen LogP contribution >= 0.6 is 0 Å². The highest BCUT2D eigenvalue weighted by atomic mass is 16.9. The fourth-order valence-electron chi connectivity index (χ4n) is 3.61. The summed E-state index contributed by atoms with van der Waals surface area (Å²) in [6.45, 7) is 5.22. The van der Waals surface area contributed by atoms with Gasteiger partial charge in [0.1, 0.15) is 18.8 Å². The van der Waals surface area contributed by atoms with E-state index in [9.17, 15) is 4.79 Å². The number of carbonyl (C=O) groups is 1. The number of carbonyl (C=O) groups excluding carboxylic acids is 1. The molecule has 0 aromatic heterocycles. The molecule has 2 aliphatic carbocycles. The summed E-state index contributed by atoms with van der Waals surface area (Å²) in [4.78, 5) is 11.6. The van der Waals surface area contributed by atoms with Crippen LogP contribution in [0.4, 0.5) is 0 Å². The van der Waals surface area contributed by atoms with Crippen molar-refractivity contribution < 1.29 is 28.5 Å². The van der Waals surface area contributed by atoms with Crippen LogP contribution < -0.4 is 0 Å². The van der Waals surface area contributed by atoms with Gasteiger partial charge in [-0.3, -0.25) is 0 Å². The molecule has 0 radical (unpaired) electrons. The van der Waals surface area contributed by atoms with Gasteiger partial charge in [0.15, 0.2) is 17.9 Å². The van der Waals surface area contributed by atoms with Crippen molar-refractivity contribution in [2.75, 3.05) is 6.61 Å². The van der Waals surface area contributed by atoms with E-state index >= 15 is 0 Å². The lowest BCUT2D eigenvalue weighted by atomic mass is 10.3. The molecule has 4 rings (SSSR count). The molecule has 4 atom stereocenters. The van der Waals surface area contributed by atoms with Crippen LogP contribution in [0.5, 0.6) is 0 Å². The predicted octanol–water partition coefficient (Wildman–Crippen LogP) is 2.02. The third-order valence-electron chi connectivity index (χ3n) is 4.89. The number of hydrogen-bond donors (Lipinski definition) is 0. The minimum absolute atomic E-state index is 0.0291. The molecule has 0 amide bonds. The van der Waals surface area contributed by atoms with E-state index in [0.717, 1.165) is 38.5 Å². The molecular formula is C16H22O6. The molecule has 122 valence electrons. The van der Waals surface area contributed by atoms with Crippen molar-refractivity contribution in [2.24, 2.45) is 0 Å². The summed E-state index contributed by atoms with van der Waals surface area (Å²) in [6, 6.07) is 0. The molecule has 2 saturated heterocycles. The topological polar surface area (TPSA) is 69.8 Å². The highest BCUT2D eigenvalue weighted by Crippen LogP contribution is 2.54. The number of epoxide rings is 2. The van der Waals surface area contributed by atoms with Gasteiger partial charge < -0.3 is 23.7 Å². The minimum Gasteiger partial charge on any atom is -0.457 e. The van der Waals surface area contributed by atoms with Gasteiger partial charge in [-0.15, -0.1) is 0 Å². The highest BCUT2D eigenvalue weighted by Gasteiger charge is 2.65. The van der Waals surface area contributed by atoms with Crippen LogP contribution in [0, 0.1) is 0 Å². The summed E-state index contributed by atoms with van der Waals surface area (Å²) >= 11 is 0. The first-order chi connectivity index (χ1) is 10.5. The van der Waals surface area contributed by atoms with Crippen molar-refractivity contribution in [1.29, 1.82) is 0 Å². The van der Waals surface area contributed by atoms with E-state index in [1.54, 1.807) is 6.92 Å². The Balaban J connectivity index is 1.38. The Labute approximate surface area is 129 Å². The van der Waals surface area contributed by atoms with Crippen LogP contribution in [0.15, 0.2) is 12.2 Å². The van der Waals surface area contributed by atoms with Crippen molar-refractivity contribution in [1.82, 2.24) is 0 Å². The highest BCUT2D eigenvalue weighted by molar-refractivity contribution is 5.86. The van der Waals surface area contributed by atoms with E-state index in [1.165, 1.54) is 0 Å². The van der Waals surface area contributed by atoms with E-state index in [-0.39, 0.29) is 18.8 Å². The zero-order valence-electron chi connectivity index (χ0n) is 12.8. The Bertz CT molecular complexity index is 475. The van der Waals surface area contributed by atoms with Crippen molar-refractivity contribution in [3.63, 3.8) is 0 Å². The van der Waals surface area contributed by atoms with Crippen LogP contribution in [0.25, 0.3) is 0 Å². The van der Waals surface area contributed by atoms with Crippen molar-refractivity contribution in [3.05, 3.63) is 12.2 Å². The first-order valence-corrected chi connectivity index (χ1v) is 8.07. The molecular weight excluding hydrogens is 288 g/mol. The van der Waals surface area contributed by atoms with Crippen molar-refractivity contribution >= 4 is 5.97 Å². The number of ether oxygens (including phenoxy) is 5. The lowest BCUT2D eigenvalue weighted by Gasteiger charge is -2.24. The monoisotopic (exact) mass is 310 g/mol. The molecule has 6 heteroatoms. The first kappa shape index (κ1) is 14.6. The molecule has 0 N–H and O–H groups in total. The van der Waals surface area contributed by atoms with Crippen LogP contribution in [-0.4, -0.2) is 42.6 Å². The quantitative estimate of drug-likeness (QED) is 0.310. The van der Waals surface area contributed by atoms with Crippen molar-refractivity contribution in [3.8, 4) is 0 Å². The molecule has 4 aliphatic rings. The largest absolute Gasteiger partial charge is 0.457 e. The predicted molar refractivity (Wildman–Crippen MR) is 74.6 cm³/mol. The van der Waals surface area contributed by atoms with Gasteiger partial charge in [-0.1, -0.05) is 6.58 Å². The van der Waals surface area contributed by atoms with E-state index in [4.69, 9.17) is 23.7 Å². The van der Waals surface area contributed by atoms with Gasteiger partial charge in [0.2, 0.25) is 0 Å². The molecule has 4 fully saturated rings. The van der Waals surface area contributed by atoms with Gasteiger partial charge in [-0.05, 0) is 32.6 Å². The average Bonchev–Trinajstić information content (AvgIpc) is 3.25. The fraction of sp³-hybridized carbons (Fsp3) is 0.812. The maximum atomic E-state index is 11.6. The van der Waals surface area contributed by atoms with E-state index < -0.39 is 23.8 Å². The molecule has 2 heterocycles. The standard InChI is InChI=1S/C16H22O6/c1-10(2)14(17)18-9-13(21-15-7-3-5-11(15)19-15)22-16-8-4-6-12(16)20-16/h11-13H,1,3-9H2,2H3. The third kappa shape index (κ3) is 2.48. The number of esters is 1. The molecule has 0 bridgehead atoms. The Hall–Kier alpha value is -0.950.